The minimum Gasteiger partial charge on any atom is -0.481 e. The Morgan fingerprint density at radius 1 is 1.36 bits per heavy atom. The number of carbonyl (C=O) groups is 1. The monoisotopic (exact) mass is 310 g/mol. The van der Waals surface area contributed by atoms with Crippen molar-refractivity contribution in [3.05, 3.63) is 30.1 Å². The van der Waals surface area contributed by atoms with Crippen molar-refractivity contribution in [1.82, 2.24) is 10.2 Å². The fraction of sp³-hybridized carbons (Fsp3) is 0.562. The molecule has 2 rings (SSSR count). The normalized spacial score (nSPS) is 16.3. The molecule has 1 fully saturated rings. The summed E-state index contributed by atoms with van der Waals surface area (Å²) in [6, 6.07) is 6.04. The lowest BCUT2D eigenvalue weighted by Gasteiger charge is -2.40. The number of halogens is 1. The van der Waals surface area contributed by atoms with E-state index in [0.717, 1.165) is 13.1 Å². The van der Waals surface area contributed by atoms with Crippen molar-refractivity contribution in [2.24, 2.45) is 0 Å². The number of carbonyl (C=O) groups excluding carboxylic acids is 1. The molecule has 1 aliphatic heterocycles. The number of amides is 1. The lowest BCUT2D eigenvalue weighted by molar-refractivity contribution is -0.123. The summed E-state index contributed by atoms with van der Waals surface area (Å²) in [6.07, 6.45) is 0. The molecule has 1 aromatic rings. The quantitative estimate of drug-likeness (QED) is 0.864. The Kier molecular flexibility index (Phi) is 5.74. The summed E-state index contributed by atoms with van der Waals surface area (Å²) < 4.78 is 23.9. The van der Waals surface area contributed by atoms with Crippen molar-refractivity contribution >= 4 is 5.91 Å². The van der Waals surface area contributed by atoms with Gasteiger partial charge in [0.1, 0.15) is 0 Å². The molecule has 0 radical (unpaired) electrons. The van der Waals surface area contributed by atoms with Crippen LogP contribution in [-0.2, 0) is 9.53 Å². The standard InChI is InChI=1S/C16H23FN2O3/c1-16(2,19-7-9-21-10-8-19)12-18-15(20)11-22-14-6-4-3-5-13(14)17/h3-6H,7-12H2,1-2H3,(H,18,20). The highest BCUT2D eigenvalue weighted by Crippen LogP contribution is 2.16. The molecule has 5 nitrogen and oxygen atoms in total. The predicted molar refractivity (Wildman–Crippen MR) is 81.4 cm³/mol. The van der Waals surface area contributed by atoms with Crippen molar-refractivity contribution in [2.75, 3.05) is 39.5 Å². The van der Waals surface area contributed by atoms with Crippen LogP contribution in [0.15, 0.2) is 24.3 Å². The molecule has 22 heavy (non-hydrogen) atoms. The number of hydrogen-bond donors (Lipinski definition) is 1. The van der Waals surface area contributed by atoms with E-state index in [-0.39, 0.29) is 23.8 Å². The number of rotatable bonds is 6. The maximum Gasteiger partial charge on any atom is 0.258 e. The van der Waals surface area contributed by atoms with E-state index in [1.54, 1.807) is 12.1 Å². The Morgan fingerprint density at radius 2 is 2.05 bits per heavy atom. The highest BCUT2D eigenvalue weighted by molar-refractivity contribution is 5.77. The van der Waals surface area contributed by atoms with Crippen LogP contribution in [0.5, 0.6) is 5.75 Å². The molecule has 0 atom stereocenters. The number of nitrogens with one attached hydrogen (secondary N) is 1. The molecule has 1 N–H and O–H groups in total. The minimum atomic E-state index is -0.469. The highest BCUT2D eigenvalue weighted by Gasteiger charge is 2.28. The van der Waals surface area contributed by atoms with Gasteiger partial charge in [0.25, 0.3) is 5.91 Å². The van der Waals surface area contributed by atoms with Crippen molar-refractivity contribution < 1.29 is 18.7 Å². The van der Waals surface area contributed by atoms with Crippen molar-refractivity contribution in [3.63, 3.8) is 0 Å². The van der Waals surface area contributed by atoms with E-state index in [0.29, 0.717) is 19.8 Å². The smallest absolute Gasteiger partial charge is 0.258 e. The van der Waals surface area contributed by atoms with E-state index in [1.165, 1.54) is 12.1 Å². The second-order valence-electron chi connectivity index (χ2n) is 5.91. The SMILES string of the molecule is CC(C)(CNC(=O)COc1ccccc1F)N1CCOCC1. The van der Waals surface area contributed by atoms with E-state index in [4.69, 9.17) is 9.47 Å². The highest BCUT2D eigenvalue weighted by atomic mass is 19.1. The Balaban J connectivity index is 1.76. The second-order valence-corrected chi connectivity index (χ2v) is 5.91. The molecular weight excluding hydrogens is 287 g/mol. The third-order valence-electron chi connectivity index (χ3n) is 3.78. The number of morpholine rings is 1. The largest absolute Gasteiger partial charge is 0.481 e. The van der Waals surface area contributed by atoms with Crippen LogP contribution in [0.3, 0.4) is 0 Å². The molecule has 0 bridgehead atoms. The molecule has 6 heteroatoms. The Bertz CT molecular complexity index is 502. The van der Waals surface area contributed by atoms with Gasteiger partial charge in [-0.05, 0) is 26.0 Å². The van der Waals surface area contributed by atoms with Crippen LogP contribution in [0.2, 0.25) is 0 Å². The number of para-hydroxylation sites is 1. The Labute approximate surface area is 130 Å². The molecule has 122 valence electrons. The van der Waals surface area contributed by atoms with Gasteiger partial charge in [-0.3, -0.25) is 9.69 Å². The van der Waals surface area contributed by atoms with Crippen LogP contribution in [-0.4, -0.2) is 55.8 Å². The lowest BCUT2D eigenvalue weighted by Crippen LogP contribution is -2.55. The number of ether oxygens (including phenoxy) is 2. The van der Waals surface area contributed by atoms with Crippen LogP contribution in [0.25, 0.3) is 0 Å². The van der Waals surface area contributed by atoms with Crippen LogP contribution >= 0.6 is 0 Å². The van der Waals surface area contributed by atoms with Gasteiger partial charge in [-0.15, -0.1) is 0 Å². The zero-order chi connectivity index (χ0) is 16.0. The van der Waals surface area contributed by atoms with E-state index in [2.05, 4.69) is 24.1 Å². The molecule has 1 aliphatic rings. The van der Waals surface area contributed by atoms with E-state index in [9.17, 15) is 9.18 Å². The molecule has 0 aromatic heterocycles. The molecule has 0 unspecified atom stereocenters. The first-order chi connectivity index (χ1) is 10.5. The van der Waals surface area contributed by atoms with Crippen LogP contribution in [0.4, 0.5) is 4.39 Å². The van der Waals surface area contributed by atoms with Gasteiger partial charge in [0.05, 0.1) is 13.2 Å². The van der Waals surface area contributed by atoms with Gasteiger partial charge in [-0.1, -0.05) is 12.1 Å². The first kappa shape index (κ1) is 16.7. The van der Waals surface area contributed by atoms with Crippen LogP contribution in [0, 0.1) is 5.82 Å². The van der Waals surface area contributed by atoms with Crippen molar-refractivity contribution in [2.45, 2.75) is 19.4 Å². The van der Waals surface area contributed by atoms with Crippen LogP contribution in [0.1, 0.15) is 13.8 Å². The summed E-state index contributed by atoms with van der Waals surface area (Å²) >= 11 is 0. The first-order valence-corrected chi connectivity index (χ1v) is 7.46. The summed E-state index contributed by atoms with van der Waals surface area (Å²) in [5.41, 5.74) is -0.155. The van der Waals surface area contributed by atoms with Gasteiger partial charge < -0.3 is 14.8 Å². The van der Waals surface area contributed by atoms with Crippen molar-refractivity contribution in [1.29, 1.82) is 0 Å². The lowest BCUT2D eigenvalue weighted by atomic mass is 10.0. The van der Waals surface area contributed by atoms with E-state index >= 15 is 0 Å². The van der Waals surface area contributed by atoms with E-state index < -0.39 is 5.82 Å². The fourth-order valence-corrected chi connectivity index (χ4v) is 2.35. The third-order valence-corrected chi connectivity index (χ3v) is 3.78. The minimum absolute atomic E-state index is 0.0880. The van der Waals surface area contributed by atoms with Crippen molar-refractivity contribution in [3.8, 4) is 5.75 Å². The number of hydrogen-bond acceptors (Lipinski definition) is 4. The average Bonchev–Trinajstić information content (AvgIpc) is 2.53. The second kappa shape index (κ2) is 7.56. The molecule has 1 aromatic carbocycles. The molecule has 0 saturated carbocycles. The fourth-order valence-electron chi connectivity index (χ4n) is 2.35. The van der Waals surface area contributed by atoms with Crippen LogP contribution < -0.4 is 10.1 Å². The summed E-state index contributed by atoms with van der Waals surface area (Å²) in [5.74, 6) is -0.640. The number of nitrogens with zero attached hydrogens (tertiary/aromatic N) is 1. The number of benzene rings is 1. The molecule has 1 amide bonds. The molecule has 0 aliphatic carbocycles. The zero-order valence-corrected chi connectivity index (χ0v) is 13.1. The van der Waals surface area contributed by atoms with Gasteiger partial charge in [0.2, 0.25) is 0 Å². The summed E-state index contributed by atoms with van der Waals surface area (Å²) in [5, 5.41) is 2.84. The Hall–Kier alpha value is -1.66. The molecule has 0 spiro atoms. The molecule has 1 saturated heterocycles. The third kappa shape index (κ3) is 4.68. The molecule has 1 heterocycles. The van der Waals surface area contributed by atoms with E-state index in [1.807, 2.05) is 0 Å². The molecular formula is C16H23FN2O3. The summed E-state index contributed by atoms with van der Waals surface area (Å²) in [6.45, 7) is 7.62. The van der Waals surface area contributed by atoms with Gasteiger partial charge in [0, 0.05) is 25.2 Å². The van der Waals surface area contributed by atoms with Gasteiger partial charge in [-0.2, -0.15) is 0 Å². The topological polar surface area (TPSA) is 50.8 Å². The first-order valence-electron chi connectivity index (χ1n) is 7.46. The average molecular weight is 310 g/mol. The predicted octanol–water partition coefficient (Wildman–Crippen LogP) is 1.43. The Morgan fingerprint density at radius 3 is 2.73 bits per heavy atom. The van der Waals surface area contributed by atoms with Gasteiger partial charge in [-0.25, -0.2) is 4.39 Å². The zero-order valence-electron chi connectivity index (χ0n) is 13.1. The summed E-state index contributed by atoms with van der Waals surface area (Å²) in [7, 11) is 0. The maximum atomic E-state index is 13.4. The van der Waals surface area contributed by atoms with Gasteiger partial charge >= 0.3 is 0 Å². The summed E-state index contributed by atoms with van der Waals surface area (Å²) in [4.78, 5) is 14.1. The van der Waals surface area contributed by atoms with Gasteiger partial charge in [0.15, 0.2) is 18.2 Å². The maximum absolute atomic E-state index is 13.4.